The SMILES string of the molecule is CCCCN(C)CC1CCN(CC(=O)NC2CCCCC2C)CC1. The number of carbonyl (C=O) groups excluding carboxylic acids is 1. The van der Waals surface area contributed by atoms with Crippen LogP contribution in [0.3, 0.4) is 0 Å². The zero-order valence-electron chi connectivity index (χ0n) is 16.2. The van der Waals surface area contributed by atoms with Gasteiger partial charge in [0.1, 0.15) is 0 Å². The molecule has 140 valence electrons. The summed E-state index contributed by atoms with van der Waals surface area (Å²) < 4.78 is 0. The molecule has 0 spiro atoms. The van der Waals surface area contributed by atoms with E-state index >= 15 is 0 Å². The predicted octanol–water partition coefficient (Wildman–Crippen LogP) is 3.13. The number of hydrogen-bond donors (Lipinski definition) is 1. The van der Waals surface area contributed by atoms with Crippen molar-refractivity contribution in [1.82, 2.24) is 15.1 Å². The summed E-state index contributed by atoms with van der Waals surface area (Å²) in [4.78, 5) is 17.2. The van der Waals surface area contributed by atoms with Crippen molar-refractivity contribution in [3.05, 3.63) is 0 Å². The lowest BCUT2D eigenvalue weighted by molar-refractivity contribution is -0.123. The number of amides is 1. The summed E-state index contributed by atoms with van der Waals surface area (Å²) in [6, 6.07) is 0.413. The van der Waals surface area contributed by atoms with Gasteiger partial charge in [0.05, 0.1) is 6.54 Å². The van der Waals surface area contributed by atoms with Gasteiger partial charge in [-0.3, -0.25) is 9.69 Å². The number of hydrogen-bond acceptors (Lipinski definition) is 3. The van der Waals surface area contributed by atoms with E-state index in [1.165, 1.54) is 64.5 Å². The van der Waals surface area contributed by atoms with Crippen LogP contribution in [0.5, 0.6) is 0 Å². The Bertz CT molecular complexity index is 366. The number of rotatable bonds is 8. The molecule has 1 saturated heterocycles. The van der Waals surface area contributed by atoms with Gasteiger partial charge in [0.15, 0.2) is 0 Å². The lowest BCUT2D eigenvalue weighted by atomic mass is 9.86. The molecule has 2 unspecified atom stereocenters. The smallest absolute Gasteiger partial charge is 0.234 e. The molecule has 1 saturated carbocycles. The van der Waals surface area contributed by atoms with Crippen LogP contribution < -0.4 is 5.32 Å². The van der Waals surface area contributed by atoms with Crippen LogP contribution in [0.25, 0.3) is 0 Å². The molecule has 1 heterocycles. The van der Waals surface area contributed by atoms with E-state index in [4.69, 9.17) is 0 Å². The summed E-state index contributed by atoms with van der Waals surface area (Å²) in [5.74, 6) is 1.70. The first-order valence-electron chi connectivity index (χ1n) is 10.3. The van der Waals surface area contributed by atoms with Crippen molar-refractivity contribution >= 4 is 5.91 Å². The second-order valence-electron chi connectivity index (χ2n) is 8.27. The van der Waals surface area contributed by atoms with Crippen LogP contribution in [0.2, 0.25) is 0 Å². The molecule has 0 radical (unpaired) electrons. The van der Waals surface area contributed by atoms with Crippen LogP contribution in [-0.4, -0.2) is 61.5 Å². The summed E-state index contributed by atoms with van der Waals surface area (Å²) in [6.45, 7) is 9.75. The van der Waals surface area contributed by atoms with Gasteiger partial charge in [0.2, 0.25) is 5.91 Å². The molecule has 1 N–H and O–H groups in total. The average Bonchev–Trinajstić information content (AvgIpc) is 2.57. The molecule has 1 aliphatic carbocycles. The largest absolute Gasteiger partial charge is 0.352 e. The number of piperidine rings is 1. The maximum Gasteiger partial charge on any atom is 0.234 e. The molecule has 2 fully saturated rings. The van der Waals surface area contributed by atoms with Gasteiger partial charge >= 0.3 is 0 Å². The standard InChI is InChI=1S/C20H39N3O/c1-4-5-12-22(3)15-18-10-13-23(14-11-18)16-20(24)21-19-9-7-6-8-17(19)2/h17-19H,4-16H2,1-3H3,(H,21,24). The summed E-state index contributed by atoms with van der Waals surface area (Å²) >= 11 is 0. The highest BCUT2D eigenvalue weighted by molar-refractivity contribution is 5.78. The Balaban J connectivity index is 1.62. The summed E-state index contributed by atoms with van der Waals surface area (Å²) in [5, 5.41) is 3.29. The molecule has 1 aliphatic heterocycles. The first-order valence-corrected chi connectivity index (χ1v) is 10.3. The molecular formula is C20H39N3O. The fraction of sp³-hybridized carbons (Fsp3) is 0.950. The third-order valence-corrected chi connectivity index (χ3v) is 6.00. The van der Waals surface area contributed by atoms with E-state index in [0.717, 1.165) is 19.0 Å². The fourth-order valence-corrected chi connectivity index (χ4v) is 4.27. The van der Waals surface area contributed by atoms with Crippen LogP contribution in [0, 0.1) is 11.8 Å². The average molecular weight is 338 g/mol. The molecule has 0 aromatic rings. The molecule has 1 amide bonds. The first kappa shape index (κ1) is 19.7. The van der Waals surface area contributed by atoms with E-state index in [-0.39, 0.29) is 5.91 Å². The molecule has 0 bridgehead atoms. The van der Waals surface area contributed by atoms with E-state index in [1.807, 2.05) is 0 Å². The minimum absolute atomic E-state index is 0.243. The molecule has 2 rings (SSSR count). The zero-order chi connectivity index (χ0) is 17.4. The highest BCUT2D eigenvalue weighted by atomic mass is 16.2. The van der Waals surface area contributed by atoms with Gasteiger partial charge in [0.25, 0.3) is 0 Å². The second-order valence-corrected chi connectivity index (χ2v) is 8.27. The fourth-order valence-electron chi connectivity index (χ4n) is 4.27. The van der Waals surface area contributed by atoms with Crippen molar-refractivity contribution in [2.75, 3.05) is 39.8 Å². The number of likely N-dealkylation sites (tertiary alicyclic amines) is 1. The van der Waals surface area contributed by atoms with E-state index in [1.54, 1.807) is 0 Å². The lowest BCUT2D eigenvalue weighted by Gasteiger charge is -2.34. The maximum atomic E-state index is 12.3. The first-order chi connectivity index (χ1) is 11.6. The summed E-state index contributed by atoms with van der Waals surface area (Å²) in [5.41, 5.74) is 0. The van der Waals surface area contributed by atoms with Crippen LogP contribution >= 0.6 is 0 Å². The predicted molar refractivity (Wildman–Crippen MR) is 101 cm³/mol. The van der Waals surface area contributed by atoms with Crippen molar-refractivity contribution in [3.63, 3.8) is 0 Å². The van der Waals surface area contributed by atoms with Crippen molar-refractivity contribution in [1.29, 1.82) is 0 Å². The van der Waals surface area contributed by atoms with Gasteiger partial charge in [-0.1, -0.05) is 33.1 Å². The Hall–Kier alpha value is -0.610. The number of carbonyl (C=O) groups is 1. The van der Waals surface area contributed by atoms with Gasteiger partial charge in [0, 0.05) is 12.6 Å². The minimum Gasteiger partial charge on any atom is -0.352 e. The lowest BCUT2D eigenvalue weighted by Crippen LogP contribution is -2.47. The topological polar surface area (TPSA) is 35.6 Å². The second kappa shape index (κ2) is 10.4. The molecular weight excluding hydrogens is 298 g/mol. The summed E-state index contributed by atoms with van der Waals surface area (Å²) in [7, 11) is 2.25. The Kier molecular flexibility index (Phi) is 8.54. The van der Waals surface area contributed by atoms with E-state index in [2.05, 4.69) is 36.0 Å². The molecule has 2 aliphatic rings. The Morgan fingerprint density at radius 3 is 2.54 bits per heavy atom. The van der Waals surface area contributed by atoms with Crippen molar-refractivity contribution < 1.29 is 4.79 Å². The van der Waals surface area contributed by atoms with Crippen molar-refractivity contribution in [2.45, 2.75) is 71.3 Å². The molecule has 4 nitrogen and oxygen atoms in total. The molecule has 0 aromatic heterocycles. The van der Waals surface area contributed by atoms with Crippen LogP contribution in [-0.2, 0) is 4.79 Å². The summed E-state index contributed by atoms with van der Waals surface area (Å²) in [6.07, 6.45) is 10.1. The Morgan fingerprint density at radius 2 is 1.88 bits per heavy atom. The maximum absolute atomic E-state index is 12.3. The van der Waals surface area contributed by atoms with Crippen LogP contribution in [0.15, 0.2) is 0 Å². The monoisotopic (exact) mass is 337 g/mol. The molecule has 2 atom stereocenters. The number of nitrogens with one attached hydrogen (secondary N) is 1. The molecule has 24 heavy (non-hydrogen) atoms. The van der Waals surface area contributed by atoms with Crippen LogP contribution in [0.4, 0.5) is 0 Å². The minimum atomic E-state index is 0.243. The highest BCUT2D eigenvalue weighted by Crippen LogP contribution is 2.24. The van der Waals surface area contributed by atoms with Crippen LogP contribution in [0.1, 0.15) is 65.2 Å². The normalized spacial score (nSPS) is 26.7. The van der Waals surface area contributed by atoms with E-state index in [9.17, 15) is 4.79 Å². The van der Waals surface area contributed by atoms with Gasteiger partial charge < -0.3 is 10.2 Å². The number of unbranched alkanes of at least 4 members (excludes halogenated alkanes) is 1. The van der Waals surface area contributed by atoms with E-state index in [0.29, 0.717) is 18.5 Å². The third kappa shape index (κ3) is 6.72. The van der Waals surface area contributed by atoms with Crippen molar-refractivity contribution in [3.8, 4) is 0 Å². The number of nitrogens with zero attached hydrogens (tertiary/aromatic N) is 2. The highest BCUT2D eigenvalue weighted by Gasteiger charge is 2.25. The quantitative estimate of drug-likeness (QED) is 0.739. The molecule has 4 heteroatoms. The Labute approximate surface area is 149 Å². The van der Waals surface area contributed by atoms with Gasteiger partial charge in [-0.2, -0.15) is 0 Å². The molecule has 0 aromatic carbocycles. The zero-order valence-corrected chi connectivity index (χ0v) is 16.2. The van der Waals surface area contributed by atoms with Gasteiger partial charge in [-0.15, -0.1) is 0 Å². The van der Waals surface area contributed by atoms with Crippen molar-refractivity contribution in [2.24, 2.45) is 11.8 Å². The van der Waals surface area contributed by atoms with Gasteiger partial charge in [-0.25, -0.2) is 0 Å². The Morgan fingerprint density at radius 1 is 1.17 bits per heavy atom. The van der Waals surface area contributed by atoms with Gasteiger partial charge in [-0.05, 0) is 70.6 Å². The third-order valence-electron chi connectivity index (χ3n) is 6.00. The van der Waals surface area contributed by atoms with E-state index < -0.39 is 0 Å².